The first-order valence-electron chi connectivity index (χ1n) is 6.34. The van der Waals surface area contributed by atoms with Crippen LogP contribution < -0.4 is 5.32 Å². The SMILES string of the molecule is COC(=O)C(C)(Nc1ccccc1F)c1ccc(I)cc1. The van der Waals surface area contributed by atoms with Crippen LogP contribution >= 0.6 is 22.6 Å². The first-order chi connectivity index (χ1) is 9.97. The molecular formula is C16H15FINO2. The van der Waals surface area contributed by atoms with E-state index in [4.69, 9.17) is 4.74 Å². The van der Waals surface area contributed by atoms with Crippen molar-refractivity contribution in [2.45, 2.75) is 12.5 Å². The minimum atomic E-state index is -1.17. The number of para-hydroxylation sites is 1. The van der Waals surface area contributed by atoms with Crippen LogP contribution in [0.15, 0.2) is 48.5 Å². The predicted molar refractivity (Wildman–Crippen MR) is 88.5 cm³/mol. The van der Waals surface area contributed by atoms with Crippen LogP contribution in [0.5, 0.6) is 0 Å². The van der Waals surface area contributed by atoms with Gasteiger partial charge < -0.3 is 10.1 Å². The fourth-order valence-corrected chi connectivity index (χ4v) is 2.42. The number of rotatable bonds is 4. The summed E-state index contributed by atoms with van der Waals surface area (Å²) in [6, 6.07) is 13.7. The van der Waals surface area contributed by atoms with E-state index in [0.717, 1.165) is 3.57 Å². The molecule has 5 heteroatoms. The third kappa shape index (κ3) is 3.34. The van der Waals surface area contributed by atoms with Crippen LogP contribution in [0.3, 0.4) is 0 Å². The van der Waals surface area contributed by atoms with Gasteiger partial charge in [0.1, 0.15) is 5.82 Å². The van der Waals surface area contributed by atoms with Gasteiger partial charge in [0.05, 0.1) is 12.8 Å². The Labute approximate surface area is 136 Å². The maximum Gasteiger partial charge on any atom is 0.335 e. The molecule has 0 saturated carbocycles. The number of hydrogen-bond donors (Lipinski definition) is 1. The van der Waals surface area contributed by atoms with Crippen molar-refractivity contribution >= 4 is 34.2 Å². The third-order valence-electron chi connectivity index (χ3n) is 3.27. The van der Waals surface area contributed by atoms with E-state index in [2.05, 4.69) is 27.9 Å². The minimum absolute atomic E-state index is 0.254. The van der Waals surface area contributed by atoms with E-state index < -0.39 is 17.3 Å². The fourth-order valence-electron chi connectivity index (χ4n) is 2.06. The van der Waals surface area contributed by atoms with Crippen LogP contribution in [0.2, 0.25) is 0 Å². The summed E-state index contributed by atoms with van der Waals surface area (Å²) in [5.41, 5.74) is -0.205. The molecule has 1 atom stereocenters. The Bertz CT molecular complexity index is 645. The standard InChI is InChI=1S/C16H15FINO2/c1-16(15(20)21-2,11-7-9-12(18)10-8-11)19-14-6-4-3-5-13(14)17/h3-10,19H,1-2H3. The number of nitrogens with one attached hydrogen (secondary N) is 1. The molecule has 0 aliphatic carbocycles. The van der Waals surface area contributed by atoms with Crippen molar-refractivity contribution < 1.29 is 13.9 Å². The van der Waals surface area contributed by atoms with Crippen LogP contribution in [0, 0.1) is 9.39 Å². The minimum Gasteiger partial charge on any atom is -0.467 e. The van der Waals surface area contributed by atoms with Gasteiger partial charge in [-0.15, -0.1) is 0 Å². The molecule has 2 rings (SSSR count). The van der Waals surface area contributed by atoms with E-state index in [1.165, 1.54) is 13.2 Å². The van der Waals surface area contributed by atoms with Gasteiger partial charge in [0.25, 0.3) is 0 Å². The molecule has 1 N–H and O–H groups in total. The Morgan fingerprint density at radius 3 is 2.38 bits per heavy atom. The zero-order valence-corrected chi connectivity index (χ0v) is 13.8. The summed E-state index contributed by atoms with van der Waals surface area (Å²) in [5.74, 6) is -0.898. The van der Waals surface area contributed by atoms with E-state index in [9.17, 15) is 9.18 Å². The largest absolute Gasteiger partial charge is 0.467 e. The van der Waals surface area contributed by atoms with Crippen LogP contribution in [0.25, 0.3) is 0 Å². The highest BCUT2D eigenvalue weighted by atomic mass is 127. The number of halogens is 2. The average Bonchev–Trinajstić information content (AvgIpc) is 2.49. The number of benzene rings is 2. The molecule has 2 aromatic rings. The van der Waals surface area contributed by atoms with E-state index in [-0.39, 0.29) is 5.69 Å². The van der Waals surface area contributed by atoms with Gasteiger partial charge in [-0.25, -0.2) is 9.18 Å². The average molecular weight is 399 g/mol. The van der Waals surface area contributed by atoms with E-state index in [1.807, 2.05) is 24.3 Å². The number of ether oxygens (including phenoxy) is 1. The van der Waals surface area contributed by atoms with Crippen LogP contribution in [0.1, 0.15) is 12.5 Å². The summed E-state index contributed by atoms with van der Waals surface area (Å²) < 4.78 is 19.8. The Morgan fingerprint density at radius 2 is 1.81 bits per heavy atom. The molecule has 0 heterocycles. The Hall–Kier alpha value is -1.63. The van der Waals surface area contributed by atoms with Crippen molar-refractivity contribution in [2.24, 2.45) is 0 Å². The number of carbonyl (C=O) groups excluding carboxylic acids is 1. The molecule has 21 heavy (non-hydrogen) atoms. The Kier molecular flexibility index (Phi) is 4.82. The number of hydrogen-bond acceptors (Lipinski definition) is 3. The topological polar surface area (TPSA) is 38.3 Å². The highest BCUT2D eigenvalue weighted by molar-refractivity contribution is 14.1. The normalized spacial score (nSPS) is 13.3. The van der Waals surface area contributed by atoms with Crippen molar-refractivity contribution in [1.82, 2.24) is 0 Å². The van der Waals surface area contributed by atoms with E-state index in [1.54, 1.807) is 25.1 Å². The van der Waals surface area contributed by atoms with Gasteiger partial charge in [-0.2, -0.15) is 0 Å². The Balaban J connectivity index is 2.45. The van der Waals surface area contributed by atoms with Crippen molar-refractivity contribution in [1.29, 1.82) is 0 Å². The lowest BCUT2D eigenvalue weighted by atomic mass is 9.91. The molecule has 0 fully saturated rings. The van der Waals surface area contributed by atoms with Crippen LogP contribution in [0.4, 0.5) is 10.1 Å². The van der Waals surface area contributed by atoms with Crippen molar-refractivity contribution in [3.05, 3.63) is 63.5 Å². The second kappa shape index (κ2) is 6.43. The molecule has 110 valence electrons. The van der Waals surface area contributed by atoms with Crippen LogP contribution in [-0.4, -0.2) is 13.1 Å². The quantitative estimate of drug-likeness (QED) is 0.626. The molecule has 0 bridgehead atoms. The van der Waals surface area contributed by atoms with Crippen molar-refractivity contribution in [3.8, 4) is 0 Å². The molecule has 0 aliphatic rings. The number of methoxy groups -OCH3 is 1. The monoisotopic (exact) mass is 399 g/mol. The number of esters is 1. The lowest BCUT2D eigenvalue weighted by Crippen LogP contribution is -2.41. The zero-order valence-electron chi connectivity index (χ0n) is 11.7. The second-order valence-corrected chi connectivity index (χ2v) is 5.97. The van der Waals surface area contributed by atoms with Gasteiger partial charge in [-0.1, -0.05) is 24.3 Å². The van der Waals surface area contributed by atoms with Crippen LogP contribution in [-0.2, 0) is 15.1 Å². The van der Waals surface area contributed by atoms with Crippen molar-refractivity contribution in [3.63, 3.8) is 0 Å². The summed E-state index contributed by atoms with van der Waals surface area (Å²) in [4.78, 5) is 12.2. The molecule has 1 unspecified atom stereocenters. The number of anilines is 1. The van der Waals surface area contributed by atoms with Gasteiger partial charge in [0.15, 0.2) is 5.54 Å². The molecule has 0 amide bonds. The summed E-state index contributed by atoms with van der Waals surface area (Å²) in [7, 11) is 1.32. The summed E-state index contributed by atoms with van der Waals surface area (Å²) in [6.45, 7) is 1.67. The molecule has 0 radical (unpaired) electrons. The Morgan fingerprint density at radius 1 is 1.19 bits per heavy atom. The van der Waals surface area contributed by atoms with E-state index >= 15 is 0 Å². The van der Waals surface area contributed by atoms with Gasteiger partial charge >= 0.3 is 5.97 Å². The zero-order chi connectivity index (χ0) is 15.5. The van der Waals surface area contributed by atoms with Gasteiger partial charge in [-0.3, -0.25) is 0 Å². The lowest BCUT2D eigenvalue weighted by molar-refractivity contribution is -0.145. The molecule has 0 saturated heterocycles. The molecule has 0 spiro atoms. The molecular weight excluding hydrogens is 384 g/mol. The van der Waals surface area contributed by atoms with Gasteiger partial charge in [0.2, 0.25) is 0 Å². The third-order valence-corrected chi connectivity index (χ3v) is 3.99. The van der Waals surface area contributed by atoms with E-state index in [0.29, 0.717) is 5.56 Å². The summed E-state index contributed by atoms with van der Waals surface area (Å²) in [5, 5.41) is 2.96. The second-order valence-electron chi connectivity index (χ2n) is 4.73. The summed E-state index contributed by atoms with van der Waals surface area (Å²) >= 11 is 2.18. The molecule has 2 aromatic carbocycles. The highest BCUT2D eigenvalue weighted by Gasteiger charge is 2.37. The first kappa shape index (κ1) is 15.8. The molecule has 0 aromatic heterocycles. The first-order valence-corrected chi connectivity index (χ1v) is 7.42. The highest BCUT2D eigenvalue weighted by Crippen LogP contribution is 2.29. The van der Waals surface area contributed by atoms with Gasteiger partial charge in [0, 0.05) is 3.57 Å². The van der Waals surface area contributed by atoms with Gasteiger partial charge in [-0.05, 0) is 59.3 Å². The smallest absolute Gasteiger partial charge is 0.335 e. The lowest BCUT2D eigenvalue weighted by Gasteiger charge is -2.29. The molecule has 0 aliphatic heterocycles. The van der Waals surface area contributed by atoms with Crippen molar-refractivity contribution in [2.75, 3.05) is 12.4 Å². The fraction of sp³-hybridized carbons (Fsp3) is 0.188. The molecule has 3 nitrogen and oxygen atoms in total. The number of carbonyl (C=O) groups is 1. The predicted octanol–water partition coefficient (Wildman–Crippen LogP) is 3.93. The maximum atomic E-state index is 13.9. The summed E-state index contributed by atoms with van der Waals surface area (Å²) in [6.07, 6.45) is 0. The maximum absolute atomic E-state index is 13.9.